The maximum Gasteiger partial charge on any atom is 0.255 e. The Kier molecular flexibility index (Phi) is 12.5. The highest BCUT2D eigenvalue weighted by Gasteiger charge is 2.21. The zero-order valence-corrected chi connectivity index (χ0v) is 21.1. The minimum Gasteiger partial charge on any atom is -0.381 e. The van der Waals surface area contributed by atoms with Gasteiger partial charge in [0.15, 0.2) is 0 Å². The van der Waals surface area contributed by atoms with Crippen molar-refractivity contribution in [1.82, 2.24) is 9.88 Å². The molecule has 0 aliphatic rings. The van der Waals surface area contributed by atoms with Gasteiger partial charge in [0.1, 0.15) is 0 Å². The second kappa shape index (κ2) is 16.0. The molecule has 1 heterocycles. The second-order valence-corrected chi connectivity index (χ2v) is 7.59. The fraction of sp³-hybridized carbons (Fsp3) is 0.226. The van der Waals surface area contributed by atoms with E-state index in [0.29, 0.717) is 31.7 Å². The summed E-state index contributed by atoms with van der Waals surface area (Å²) in [5.41, 5.74) is 4.54. The standard InChI is InChI=1S/C29H30N2O2.C2H6/c1-3-13-24(14-10-12-21-33-2)22-31(23-26-17-9-11-20-30-26)29(32)28-19-8-7-18-27(28)25-15-5-4-6-16-25;1-2/h3-13,15-20H,1,14,21-23H2,2H3;1-2H3/b12-10-,24-13+;. The number of ether oxygens (including phenoxy) is 1. The quantitative estimate of drug-likeness (QED) is 0.222. The second-order valence-electron chi connectivity index (χ2n) is 7.59. The van der Waals surface area contributed by atoms with E-state index in [4.69, 9.17) is 4.74 Å². The smallest absolute Gasteiger partial charge is 0.255 e. The highest BCUT2D eigenvalue weighted by atomic mass is 16.5. The van der Waals surface area contributed by atoms with Crippen LogP contribution in [-0.4, -0.2) is 36.1 Å². The summed E-state index contributed by atoms with van der Waals surface area (Å²) in [5, 5.41) is 0. The molecule has 2 aromatic carbocycles. The number of nitrogens with zero attached hydrogens (tertiary/aromatic N) is 2. The number of carbonyl (C=O) groups excluding carboxylic acids is 1. The van der Waals surface area contributed by atoms with Gasteiger partial charge in [0.25, 0.3) is 5.91 Å². The molecule has 3 aromatic rings. The van der Waals surface area contributed by atoms with Crippen molar-refractivity contribution < 1.29 is 9.53 Å². The van der Waals surface area contributed by atoms with Crippen LogP contribution in [0.1, 0.15) is 36.3 Å². The summed E-state index contributed by atoms with van der Waals surface area (Å²) in [5.74, 6) is -0.0315. The van der Waals surface area contributed by atoms with Gasteiger partial charge in [0.2, 0.25) is 0 Å². The van der Waals surface area contributed by atoms with Crippen LogP contribution in [0.15, 0.2) is 115 Å². The van der Waals surface area contributed by atoms with Crippen molar-refractivity contribution in [1.29, 1.82) is 0 Å². The van der Waals surface area contributed by atoms with E-state index >= 15 is 0 Å². The van der Waals surface area contributed by atoms with E-state index in [1.807, 2.05) is 104 Å². The molecule has 0 N–H and O–H groups in total. The molecule has 0 atom stereocenters. The van der Waals surface area contributed by atoms with Crippen LogP contribution in [-0.2, 0) is 11.3 Å². The van der Waals surface area contributed by atoms with Crippen LogP contribution in [0.5, 0.6) is 0 Å². The summed E-state index contributed by atoms with van der Waals surface area (Å²) < 4.78 is 5.10. The molecule has 0 radical (unpaired) electrons. The summed E-state index contributed by atoms with van der Waals surface area (Å²) in [4.78, 5) is 20.2. The van der Waals surface area contributed by atoms with Gasteiger partial charge in [0, 0.05) is 25.4 Å². The molecule has 0 fully saturated rings. The first-order valence-corrected chi connectivity index (χ1v) is 12.0. The van der Waals surface area contributed by atoms with Gasteiger partial charge in [-0.2, -0.15) is 0 Å². The van der Waals surface area contributed by atoms with Crippen molar-refractivity contribution in [3.05, 3.63) is 127 Å². The normalized spacial score (nSPS) is 11.0. The predicted octanol–water partition coefficient (Wildman–Crippen LogP) is 7.12. The van der Waals surface area contributed by atoms with Crippen LogP contribution >= 0.6 is 0 Å². The summed E-state index contributed by atoms with van der Waals surface area (Å²) in [6, 6.07) is 23.5. The Morgan fingerprint density at radius 2 is 1.69 bits per heavy atom. The maximum absolute atomic E-state index is 13.9. The number of aromatic nitrogens is 1. The van der Waals surface area contributed by atoms with E-state index in [2.05, 4.69) is 17.6 Å². The van der Waals surface area contributed by atoms with Crippen molar-refractivity contribution in [2.45, 2.75) is 26.8 Å². The summed E-state index contributed by atoms with van der Waals surface area (Å²) >= 11 is 0. The average Bonchev–Trinajstić information content (AvgIpc) is 2.92. The molecule has 0 saturated heterocycles. The van der Waals surface area contributed by atoms with E-state index in [9.17, 15) is 4.79 Å². The number of amides is 1. The van der Waals surface area contributed by atoms with Crippen LogP contribution in [0.2, 0.25) is 0 Å². The number of hydrogen-bond acceptors (Lipinski definition) is 3. The molecule has 35 heavy (non-hydrogen) atoms. The van der Waals surface area contributed by atoms with Gasteiger partial charge in [-0.3, -0.25) is 9.78 Å². The summed E-state index contributed by atoms with van der Waals surface area (Å²) in [6.07, 6.45) is 10.2. The summed E-state index contributed by atoms with van der Waals surface area (Å²) in [6.45, 7) is 9.30. The Balaban J connectivity index is 0.00000210. The van der Waals surface area contributed by atoms with Gasteiger partial charge >= 0.3 is 0 Å². The van der Waals surface area contributed by atoms with Crippen molar-refractivity contribution in [2.75, 3.05) is 20.3 Å². The molecule has 0 aliphatic carbocycles. The summed E-state index contributed by atoms with van der Waals surface area (Å²) in [7, 11) is 1.67. The molecule has 0 spiro atoms. The average molecular weight is 469 g/mol. The third-order valence-corrected chi connectivity index (χ3v) is 5.17. The Hall–Kier alpha value is -3.76. The maximum atomic E-state index is 13.9. The SMILES string of the molecule is C=C/C=C(\C/C=C\COC)CN(Cc1ccccn1)C(=O)c1ccccc1-c1ccccc1.CC. The lowest BCUT2D eigenvalue weighted by Gasteiger charge is -2.25. The fourth-order valence-corrected chi connectivity index (χ4v) is 3.59. The zero-order chi connectivity index (χ0) is 25.3. The molecule has 1 aromatic heterocycles. The zero-order valence-electron chi connectivity index (χ0n) is 21.1. The van der Waals surface area contributed by atoms with Gasteiger partial charge in [-0.15, -0.1) is 0 Å². The number of carbonyl (C=O) groups is 1. The fourth-order valence-electron chi connectivity index (χ4n) is 3.59. The number of allylic oxidation sites excluding steroid dienone is 3. The highest BCUT2D eigenvalue weighted by Crippen LogP contribution is 2.25. The molecule has 0 saturated carbocycles. The van der Waals surface area contributed by atoms with Gasteiger partial charge in [-0.05, 0) is 41.3 Å². The molecule has 4 nitrogen and oxygen atoms in total. The molecular formula is C31H36N2O2. The first-order chi connectivity index (χ1) is 17.2. The van der Waals surface area contributed by atoms with E-state index in [1.165, 1.54) is 0 Å². The first kappa shape index (κ1) is 27.5. The van der Waals surface area contributed by atoms with Crippen LogP contribution in [0.4, 0.5) is 0 Å². The number of pyridine rings is 1. The molecule has 0 aliphatic heterocycles. The van der Waals surface area contributed by atoms with Crippen molar-refractivity contribution in [3.8, 4) is 11.1 Å². The van der Waals surface area contributed by atoms with Crippen LogP contribution in [0.25, 0.3) is 11.1 Å². The van der Waals surface area contributed by atoms with E-state index in [0.717, 1.165) is 22.4 Å². The molecular weight excluding hydrogens is 432 g/mol. The Morgan fingerprint density at radius 3 is 2.37 bits per heavy atom. The van der Waals surface area contributed by atoms with E-state index in [1.54, 1.807) is 19.4 Å². The molecule has 4 heteroatoms. The highest BCUT2D eigenvalue weighted by molar-refractivity contribution is 6.01. The van der Waals surface area contributed by atoms with E-state index < -0.39 is 0 Å². The first-order valence-electron chi connectivity index (χ1n) is 12.0. The Bertz CT molecular complexity index is 1090. The van der Waals surface area contributed by atoms with E-state index in [-0.39, 0.29) is 5.91 Å². The lowest BCUT2D eigenvalue weighted by molar-refractivity contribution is 0.0756. The minimum absolute atomic E-state index is 0.0315. The monoisotopic (exact) mass is 468 g/mol. The Morgan fingerprint density at radius 1 is 0.971 bits per heavy atom. The molecule has 0 unspecified atom stereocenters. The van der Waals surface area contributed by atoms with Crippen molar-refractivity contribution in [3.63, 3.8) is 0 Å². The number of rotatable bonds is 11. The predicted molar refractivity (Wildman–Crippen MR) is 146 cm³/mol. The van der Waals surface area contributed by atoms with Crippen molar-refractivity contribution >= 4 is 5.91 Å². The Labute approximate surface area is 210 Å². The largest absolute Gasteiger partial charge is 0.381 e. The molecule has 0 bridgehead atoms. The molecule has 3 rings (SSSR count). The van der Waals surface area contributed by atoms with Crippen molar-refractivity contribution in [2.24, 2.45) is 0 Å². The number of benzene rings is 2. The van der Waals surface area contributed by atoms with Gasteiger partial charge in [-0.25, -0.2) is 0 Å². The van der Waals surface area contributed by atoms with Crippen LogP contribution in [0, 0.1) is 0 Å². The molecule has 1 amide bonds. The van der Waals surface area contributed by atoms with Gasteiger partial charge < -0.3 is 9.64 Å². The molecule has 182 valence electrons. The van der Waals surface area contributed by atoms with Crippen LogP contribution in [0.3, 0.4) is 0 Å². The van der Waals surface area contributed by atoms with Gasteiger partial charge in [-0.1, -0.05) is 99.3 Å². The lowest BCUT2D eigenvalue weighted by Crippen LogP contribution is -2.33. The third kappa shape index (κ3) is 8.84. The lowest BCUT2D eigenvalue weighted by atomic mass is 9.98. The topological polar surface area (TPSA) is 42.4 Å². The third-order valence-electron chi connectivity index (χ3n) is 5.17. The van der Waals surface area contributed by atoms with Gasteiger partial charge in [0.05, 0.1) is 18.8 Å². The minimum atomic E-state index is -0.0315. The van der Waals surface area contributed by atoms with Crippen LogP contribution < -0.4 is 0 Å². The number of hydrogen-bond donors (Lipinski definition) is 0. The number of methoxy groups -OCH3 is 1.